The second kappa shape index (κ2) is 14.3. The minimum Gasteiger partial charge on any atom is -0.494 e. The van der Waals surface area contributed by atoms with Crippen molar-refractivity contribution in [3.8, 4) is 16.9 Å². The van der Waals surface area contributed by atoms with Gasteiger partial charge in [0.25, 0.3) is 11.8 Å². The maximum absolute atomic E-state index is 13.5. The molecule has 0 saturated carbocycles. The van der Waals surface area contributed by atoms with Crippen molar-refractivity contribution in [2.45, 2.75) is 25.8 Å². The van der Waals surface area contributed by atoms with Gasteiger partial charge in [-0.25, -0.2) is 0 Å². The van der Waals surface area contributed by atoms with Crippen LogP contribution in [0.2, 0.25) is 0 Å². The van der Waals surface area contributed by atoms with E-state index >= 15 is 0 Å². The number of nitrogens with zero attached hydrogens (tertiary/aromatic N) is 2. The largest absolute Gasteiger partial charge is 0.494 e. The van der Waals surface area contributed by atoms with Crippen LogP contribution in [-0.2, 0) is 0 Å². The van der Waals surface area contributed by atoms with Crippen molar-refractivity contribution in [2.75, 3.05) is 11.9 Å². The van der Waals surface area contributed by atoms with Crippen molar-refractivity contribution in [2.24, 2.45) is 0 Å². The van der Waals surface area contributed by atoms with Crippen LogP contribution in [0, 0.1) is 0 Å². The number of hydrogen-bond acceptors (Lipinski definition) is 5. The maximum Gasteiger partial charge on any atom is 0.256 e. The molecular weight excluding hydrogens is 572 g/mol. The van der Waals surface area contributed by atoms with Gasteiger partial charge in [0.2, 0.25) is 0 Å². The van der Waals surface area contributed by atoms with Crippen LogP contribution in [-0.4, -0.2) is 28.4 Å². The van der Waals surface area contributed by atoms with Gasteiger partial charge in [-0.3, -0.25) is 19.6 Å². The monoisotopic (exact) mass is 606 g/mol. The van der Waals surface area contributed by atoms with Crippen molar-refractivity contribution >= 4 is 28.4 Å². The van der Waals surface area contributed by atoms with Crippen molar-refractivity contribution < 1.29 is 14.3 Å². The third-order valence-corrected chi connectivity index (χ3v) is 7.70. The predicted molar refractivity (Wildman–Crippen MR) is 182 cm³/mol. The van der Waals surface area contributed by atoms with Gasteiger partial charge in [0, 0.05) is 29.0 Å². The number of nitrogens with one attached hydrogen (secondary N) is 2. The molecule has 0 aliphatic carbocycles. The third kappa shape index (κ3) is 7.11. The molecule has 6 rings (SSSR count). The summed E-state index contributed by atoms with van der Waals surface area (Å²) < 4.78 is 5.79. The molecule has 2 heterocycles. The second-order valence-electron chi connectivity index (χ2n) is 10.9. The Balaban J connectivity index is 1.17. The second-order valence-corrected chi connectivity index (χ2v) is 10.9. The molecule has 2 amide bonds. The molecule has 2 N–H and O–H groups in total. The Morgan fingerprint density at radius 1 is 0.783 bits per heavy atom. The van der Waals surface area contributed by atoms with E-state index in [1.54, 1.807) is 24.5 Å². The normalized spacial score (nSPS) is 11.5. The van der Waals surface area contributed by atoms with Crippen molar-refractivity contribution in [1.29, 1.82) is 0 Å². The number of pyridine rings is 2. The van der Waals surface area contributed by atoms with Gasteiger partial charge in [-0.05, 0) is 71.6 Å². The van der Waals surface area contributed by atoms with E-state index in [0.29, 0.717) is 28.9 Å². The van der Waals surface area contributed by atoms with Gasteiger partial charge in [0.05, 0.1) is 29.4 Å². The zero-order chi connectivity index (χ0) is 31.7. The van der Waals surface area contributed by atoms with E-state index in [1.165, 1.54) is 0 Å². The van der Waals surface area contributed by atoms with Crippen LogP contribution >= 0.6 is 0 Å². The number of fused-ring (bicyclic) bond motifs is 1. The summed E-state index contributed by atoms with van der Waals surface area (Å²) in [5.74, 6) is 0.326. The number of rotatable bonds is 11. The maximum atomic E-state index is 13.5. The summed E-state index contributed by atoms with van der Waals surface area (Å²) in [5, 5.41) is 6.91. The van der Waals surface area contributed by atoms with Crippen LogP contribution in [0.1, 0.15) is 57.8 Å². The first kappa shape index (κ1) is 30.2. The van der Waals surface area contributed by atoms with Gasteiger partial charge in [0.1, 0.15) is 5.75 Å². The third-order valence-electron chi connectivity index (χ3n) is 7.70. The Labute approximate surface area is 268 Å². The molecule has 6 aromatic rings. The number of carbonyl (C=O) groups is 2. The summed E-state index contributed by atoms with van der Waals surface area (Å²) in [6.45, 7) is 2.82. The van der Waals surface area contributed by atoms with E-state index in [4.69, 9.17) is 4.74 Å². The highest BCUT2D eigenvalue weighted by molar-refractivity contribution is 6.09. The zero-order valence-electron chi connectivity index (χ0n) is 25.5. The van der Waals surface area contributed by atoms with E-state index in [0.717, 1.165) is 46.4 Å². The summed E-state index contributed by atoms with van der Waals surface area (Å²) in [6.07, 6.45) is 5.35. The Morgan fingerprint density at radius 2 is 1.57 bits per heavy atom. The lowest BCUT2D eigenvalue weighted by Gasteiger charge is -2.19. The van der Waals surface area contributed by atoms with Gasteiger partial charge in [-0.2, -0.15) is 0 Å². The van der Waals surface area contributed by atoms with Crippen LogP contribution in [0.3, 0.4) is 0 Å². The quantitative estimate of drug-likeness (QED) is 0.145. The summed E-state index contributed by atoms with van der Waals surface area (Å²) in [5.41, 5.74) is 5.68. The number of unbranched alkanes of at least 4 members (excludes halogenated alkanes) is 1. The average Bonchev–Trinajstić information content (AvgIpc) is 3.11. The van der Waals surface area contributed by atoms with Crippen molar-refractivity contribution in [3.05, 3.63) is 156 Å². The lowest BCUT2D eigenvalue weighted by molar-refractivity contribution is 0.0941. The minimum atomic E-state index is -0.414. The smallest absolute Gasteiger partial charge is 0.256 e. The fourth-order valence-corrected chi connectivity index (χ4v) is 5.25. The van der Waals surface area contributed by atoms with Crippen LogP contribution < -0.4 is 15.4 Å². The van der Waals surface area contributed by atoms with Crippen molar-refractivity contribution in [3.63, 3.8) is 0 Å². The Kier molecular flexibility index (Phi) is 9.40. The van der Waals surface area contributed by atoms with E-state index in [1.807, 2.05) is 109 Å². The van der Waals surface area contributed by atoms with Gasteiger partial charge in [-0.15, -0.1) is 0 Å². The Hall–Kier alpha value is -5.82. The highest BCUT2D eigenvalue weighted by Gasteiger charge is 2.20. The van der Waals surface area contributed by atoms with E-state index in [-0.39, 0.29) is 11.8 Å². The van der Waals surface area contributed by atoms with E-state index < -0.39 is 6.04 Å². The average molecular weight is 607 g/mol. The number of ether oxygens (including phenoxy) is 1. The zero-order valence-corrected chi connectivity index (χ0v) is 25.5. The SMILES string of the molecule is CCCCOc1ccc(-c2ccccc2C(=O)Nc2ccc3cc(C(=O)NC(c4ccccc4)c4ccccn4)cnc3c2)cc1. The predicted octanol–water partition coefficient (Wildman–Crippen LogP) is 8.25. The summed E-state index contributed by atoms with van der Waals surface area (Å²) in [6, 6.07) is 37.6. The van der Waals surface area contributed by atoms with Gasteiger partial charge in [0.15, 0.2) is 0 Å². The Morgan fingerprint density at radius 3 is 2.35 bits per heavy atom. The first-order chi connectivity index (χ1) is 22.6. The summed E-state index contributed by atoms with van der Waals surface area (Å²) in [4.78, 5) is 35.9. The fraction of sp³-hybridized carbons (Fsp3) is 0.128. The number of aromatic nitrogens is 2. The van der Waals surface area contributed by atoms with Gasteiger partial charge >= 0.3 is 0 Å². The lowest BCUT2D eigenvalue weighted by atomic mass is 9.99. The molecule has 0 aliphatic rings. The molecule has 4 aromatic carbocycles. The number of anilines is 1. The van der Waals surface area contributed by atoms with E-state index in [2.05, 4.69) is 27.5 Å². The molecule has 0 saturated heterocycles. The molecule has 0 spiro atoms. The molecule has 2 aromatic heterocycles. The molecule has 228 valence electrons. The minimum absolute atomic E-state index is 0.226. The summed E-state index contributed by atoms with van der Waals surface area (Å²) >= 11 is 0. The summed E-state index contributed by atoms with van der Waals surface area (Å²) in [7, 11) is 0. The molecule has 0 fully saturated rings. The van der Waals surface area contributed by atoms with Crippen LogP contribution in [0.25, 0.3) is 22.0 Å². The van der Waals surface area contributed by atoms with Crippen molar-refractivity contribution in [1.82, 2.24) is 15.3 Å². The first-order valence-corrected chi connectivity index (χ1v) is 15.4. The number of hydrogen-bond donors (Lipinski definition) is 2. The van der Waals surface area contributed by atoms with Crippen LogP contribution in [0.4, 0.5) is 5.69 Å². The van der Waals surface area contributed by atoms with Gasteiger partial charge < -0.3 is 15.4 Å². The molecule has 46 heavy (non-hydrogen) atoms. The Bertz CT molecular complexity index is 1900. The van der Waals surface area contributed by atoms with Gasteiger partial charge in [-0.1, -0.05) is 86.1 Å². The topological polar surface area (TPSA) is 93.2 Å². The molecule has 1 atom stereocenters. The molecule has 1 unspecified atom stereocenters. The van der Waals surface area contributed by atoms with Crippen LogP contribution in [0.15, 0.2) is 134 Å². The molecule has 0 radical (unpaired) electrons. The molecule has 0 bridgehead atoms. The lowest BCUT2D eigenvalue weighted by Crippen LogP contribution is -2.30. The van der Waals surface area contributed by atoms with E-state index in [9.17, 15) is 9.59 Å². The first-order valence-electron chi connectivity index (χ1n) is 15.4. The van der Waals surface area contributed by atoms with Crippen LogP contribution in [0.5, 0.6) is 5.75 Å². The number of amides is 2. The molecular formula is C39H34N4O3. The molecule has 7 nitrogen and oxygen atoms in total. The number of carbonyl (C=O) groups excluding carboxylic acids is 2. The fourth-order valence-electron chi connectivity index (χ4n) is 5.25. The highest BCUT2D eigenvalue weighted by Crippen LogP contribution is 2.28. The molecule has 7 heteroatoms. The molecule has 0 aliphatic heterocycles. The standard InChI is InChI=1S/C39H34N4O3/c1-2-3-23-46-32-20-17-27(18-21-32)33-13-7-8-14-34(33)39(45)42-31-19-16-29-24-30(26-41-36(29)25-31)38(44)43-37(28-11-5-4-6-12-28)35-15-9-10-22-40-35/h4-22,24-26,37H,2-3,23H2,1H3,(H,42,45)(H,43,44). The highest BCUT2D eigenvalue weighted by atomic mass is 16.5. The number of benzene rings is 4.